The molecule has 0 saturated heterocycles. The average Bonchev–Trinajstić information content (AvgIpc) is 2.67. The topological polar surface area (TPSA) is 54.5 Å². The quantitative estimate of drug-likeness (QED) is 0.791. The Labute approximate surface area is 105 Å². The maximum absolute atomic E-state index is 13.6. The highest BCUT2D eigenvalue weighted by molar-refractivity contribution is 6.29. The Morgan fingerprint density at radius 3 is 2.72 bits per heavy atom. The van der Waals surface area contributed by atoms with E-state index in [2.05, 4.69) is 10.1 Å². The van der Waals surface area contributed by atoms with E-state index in [1.165, 1.54) is 12.1 Å². The molecule has 0 saturated carbocycles. The van der Waals surface area contributed by atoms with Crippen LogP contribution in [-0.4, -0.2) is 20.9 Å². The largest absolute Gasteiger partial charge is 0.376 e. The number of halogens is 4. The molecular formula is C10H6ClF3N4. The summed E-state index contributed by atoms with van der Waals surface area (Å²) in [4.78, 5) is 3.66. The van der Waals surface area contributed by atoms with Gasteiger partial charge in [-0.15, -0.1) is 0 Å². The first kappa shape index (κ1) is 12.6. The zero-order chi connectivity index (χ0) is 13.5. The van der Waals surface area contributed by atoms with E-state index in [4.69, 9.17) is 16.9 Å². The Morgan fingerprint density at radius 1 is 1.50 bits per heavy atom. The van der Waals surface area contributed by atoms with Crippen molar-refractivity contribution in [2.45, 2.75) is 19.1 Å². The highest BCUT2D eigenvalue weighted by atomic mass is 35.5. The molecule has 4 nitrogen and oxygen atoms in total. The monoisotopic (exact) mass is 274 g/mol. The molecule has 2 heterocycles. The summed E-state index contributed by atoms with van der Waals surface area (Å²) in [5.41, 5.74) is -0.581. The van der Waals surface area contributed by atoms with E-state index in [9.17, 15) is 13.2 Å². The minimum Gasteiger partial charge on any atom is -0.239 e. The molecule has 94 valence electrons. The minimum atomic E-state index is -3.90. The fourth-order valence-electron chi connectivity index (χ4n) is 1.43. The zero-order valence-corrected chi connectivity index (χ0v) is 9.79. The van der Waals surface area contributed by atoms with E-state index in [1.807, 2.05) is 0 Å². The summed E-state index contributed by atoms with van der Waals surface area (Å²) in [6, 6.07) is 0.432. The summed E-state index contributed by atoms with van der Waals surface area (Å²) >= 11 is 5.60. The van der Waals surface area contributed by atoms with E-state index in [0.29, 0.717) is 6.92 Å². The van der Waals surface area contributed by atoms with Crippen molar-refractivity contribution in [3.05, 3.63) is 23.0 Å². The fourth-order valence-corrected chi connectivity index (χ4v) is 1.57. The fraction of sp³-hybridized carbons (Fsp3) is 0.300. The van der Waals surface area contributed by atoms with Gasteiger partial charge in [-0.05, 0) is 19.1 Å². The van der Waals surface area contributed by atoms with Crippen molar-refractivity contribution in [1.82, 2.24) is 14.8 Å². The summed E-state index contributed by atoms with van der Waals surface area (Å²) in [7, 11) is 0. The third kappa shape index (κ3) is 1.78. The van der Waals surface area contributed by atoms with Crippen LogP contribution in [0.2, 0.25) is 5.15 Å². The first-order valence-corrected chi connectivity index (χ1v) is 5.23. The molecule has 0 aliphatic rings. The molecule has 0 N–H and O–H groups in total. The Bertz CT molecular complexity index is 644. The van der Waals surface area contributed by atoms with Crippen molar-refractivity contribution >= 4 is 22.6 Å². The third-order valence-corrected chi connectivity index (χ3v) is 2.57. The molecule has 0 radical (unpaired) electrons. The molecule has 2 rings (SSSR count). The maximum Gasteiger partial charge on any atom is 0.376 e. The average molecular weight is 275 g/mol. The molecule has 1 atom stereocenters. The second-order valence-corrected chi connectivity index (χ2v) is 3.97. The van der Waals surface area contributed by atoms with Crippen LogP contribution < -0.4 is 0 Å². The molecule has 2 aromatic rings. The lowest BCUT2D eigenvalue weighted by Gasteiger charge is -2.18. The second-order valence-electron chi connectivity index (χ2n) is 3.58. The smallest absolute Gasteiger partial charge is 0.239 e. The van der Waals surface area contributed by atoms with Crippen LogP contribution in [0.15, 0.2) is 12.1 Å². The SMILES string of the molecule is CC(F)C(F)(F)n1nc(C#N)c2ccc(Cl)nc21. The Kier molecular flexibility index (Phi) is 2.91. The predicted octanol–water partition coefficient (Wildman–Crippen LogP) is 2.86. The van der Waals surface area contributed by atoms with Crippen molar-refractivity contribution in [3.8, 4) is 6.07 Å². The number of pyridine rings is 1. The van der Waals surface area contributed by atoms with E-state index < -0.39 is 12.2 Å². The molecule has 0 aromatic carbocycles. The summed E-state index contributed by atoms with van der Waals surface area (Å²) < 4.78 is 40.3. The van der Waals surface area contributed by atoms with E-state index in [1.54, 1.807) is 6.07 Å². The van der Waals surface area contributed by atoms with Gasteiger partial charge in [0.2, 0.25) is 0 Å². The summed E-state index contributed by atoms with van der Waals surface area (Å²) in [6.07, 6.45) is -2.48. The van der Waals surface area contributed by atoms with Gasteiger partial charge >= 0.3 is 6.05 Å². The van der Waals surface area contributed by atoms with Gasteiger partial charge in [0.1, 0.15) is 11.2 Å². The number of nitriles is 1. The number of hydrogen-bond acceptors (Lipinski definition) is 3. The van der Waals surface area contributed by atoms with Gasteiger partial charge in [0.15, 0.2) is 17.5 Å². The first-order valence-electron chi connectivity index (χ1n) is 4.85. The van der Waals surface area contributed by atoms with Crippen molar-refractivity contribution in [3.63, 3.8) is 0 Å². The first-order chi connectivity index (χ1) is 8.37. The number of aromatic nitrogens is 3. The van der Waals surface area contributed by atoms with Gasteiger partial charge in [0, 0.05) is 0 Å². The van der Waals surface area contributed by atoms with Gasteiger partial charge in [-0.3, -0.25) is 0 Å². The van der Waals surface area contributed by atoms with Crippen LogP contribution in [-0.2, 0) is 6.05 Å². The van der Waals surface area contributed by atoms with Crippen LogP contribution >= 0.6 is 11.6 Å². The van der Waals surface area contributed by atoms with Crippen LogP contribution in [0.4, 0.5) is 13.2 Å². The van der Waals surface area contributed by atoms with Crippen molar-refractivity contribution in [2.75, 3.05) is 0 Å². The van der Waals surface area contributed by atoms with Crippen LogP contribution in [0.1, 0.15) is 12.6 Å². The van der Waals surface area contributed by atoms with Crippen molar-refractivity contribution in [2.24, 2.45) is 0 Å². The van der Waals surface area contributed by atoms with E-state index in [-0.39, 0.29) is 26.6 Å². The Balaban J connectivity index is 2.80. The van der Waals surface area contributed by atoms with Crippen LogP contribution in [0.25, 0.3) is 11.0 Å². The van der Waals surface area contributed by atoms with Crippen LogP contribution in [0, 0.1) is 11.3 Å². The Morgan fingerprint density at radius 2 is 2.17 bits per heavy atom. The zero-order valence-electron chi connectivity index (χ0n) is 9.03. The normalized spacial score (nSPS) is 13.6. The van der Waals surface area contributed by atoms with Gasteiger partial charge < -0.3 is 0 Å². The lowest BCUT2D eigenvalue weighted by molar-refractivity contribution is -0.143. The van der Waals surface area contributed by atoms with Crippen LogP contribution in [0.3, 0.4) is 0 Å². The summed E-state index contributed by atoms with van der Waals surface area (Å²) in [5.74, 6) is 0. The summed E-state index contributed by atoms with van der Waals surface area (Å²) in [6.45, 7) is 0.699. The van der Waals surface area contributed by atoms with Gasteiger partial charge in [0.05, 0.1) is 5.39 Å². The molecule has 0 amide bonds. The molecule has 0 fully saturated rings. The molecule has 1 unspecified atom stereocenters. The standard InChI is InChI=1S/C10H6ClF3N4/c1-5(12)10(13,14)18-9-6(7(4-15)17-18)2-3-8(11)16-9/h2-3,5H,1H3. The predicted molar refractivity (Wildman–Crippen MR) is 58.0 cm³/mol. The molecule has 8 heteroatoms. The number of hydrogen-bond donors (Lipinski definition) is 0. The number of nitrogens with zero attached hydrogens (tertiary/aromatic N) is 4. The number of alkyl halides is 3. The maximum atomic E-state index is 13.6. The molecular weight excluding hydrogens is 269 g/mol. The lowest BCUT2D eigenvalue weighted by atomic mass is 10.3. The minimum absolute atomic E-state index is 0.0459. The lowest BCUT2D eigenvalue weighted by Crippen LogP contribution is -2.33. The number of fused-ring (bicyclic) bond motifs is 1. The highest BCUT2D eigenvalue weighted by Crippen LogP contribution is 2.31. The van der Waals surface area contributed by atoms with Crippen molar-refractivity contribution in [1.29, 1.82) is 5.26 Å². The molecule has 0 aliphatic carbocycles. The molecule has 0 aliphatic heterocycles. The van der Waals surface area contributed by atoms with Gasteiger partial charge in [-0.25, -0.2) is 9.37 Å². The number of rotatable bonds is 2. The molecule has 0 spiro atoms. The van der Waals surface area contributed by atoms with Crippen molar-refractivity contribution < 1.29 is 13.2 Å². The second kappa shape index (κ2) is 4.14. The van der Waals surface area contributed by atoms with Crippen LogP contribution in [0.5, 0.6) is 0 Å². The van der Waals surface area contributed by atoms with E-state index in [0.717, 1.165) is 0 Å². The highest BCUT2D eigenvalue weighted by Gasteiger charge is 2.42. The molecule has 2 aromatic heterocycles. The molecule has 18 heavy (non-hydrogen) atoms. The van der Waals surface area contributed by atoms with E-state index >= 15 is 0 Å². The summed E-state index contributed by atoms with van der Waals surface area (Å²) in [5, 5.41) is 12.2. The van der Waals surface area contributed by atoms with Gasteiger partial charge in [0.25, 0.3) is 0 Å². The molecule has 0 bridgehead atoms. The van der Waals surface area contributed by atoms with Gasteiger partial charge in [-0.1, -0.05) is 11.6 Å². The third-order valence-electron chi connectivity index (χ3n) is 2.36. The Hall–Kier alpha value is -1.81. The van der Waals surface area contributed by atoms with Gasteiger partial charge in [-0.2, -0.15) is 23.8 Å².